The first kappa shape index (κ1) is 17.9. The Morgan fingerprint density at radius 2 is 2.12 bits per heavy atom. The SMILES string of the molecule is CN=C(NCCc1ccncc1C)NCC1(c2cccc(Br)c2)CC1. The quantitative estimate of drug-likeness (QED) is 0.575. The molecule has 0 radical (unpaired) electrons. The van der Waals surface area contributed by atoms with Crippen molar-refractivity contribution >= 4 is 21.9 Å². The summed E-state index contributed by atoms with van der Waals surface area (Å²) in [6.07, 6.45) is 7.18. The van der Waals surface area contributed by atoms with E-state index >= 15 is 0 Å². The molecular formula is C20H25BrN4. The van der Waals surface area contributed by atoms with Crippen LogP contribution in [0.1, 0.15) is 29.5 Å². The van der Waals surface area contributed by atoms with Crippen molar-refractivity contribution in [3.63, 3.8) is 0 Å². The second-order valence-electron chi connectivity index (χ2n) is 6.70. The molecule has 2 aromatic rings. The molecule has 1 aromatic heterocycles. The highest BCUT2D eigenvalue weighted by Gasteiger charge is 2.44. The molecule has 25 heavy (non-hydrogen) atoms. The van der Waals surface area contributed by atoms with Gasteiger partial charge in [-0.05, 0) is 61.1 Å². The Bertz CT molecular complexity index is 753. The first-order valence-electron chi connectivity index (χ1n) is 8.73. The average Bonchev–Trinajstić information content (AvgIpc) is 3.41. The summed E-state index contributed by atoms with van der Waals surface area (Å²) in [6, 6.07) is 10.7. The maximum atomic E-state index is 4.36. The molecule has 1 aliphatic carbocycles. The molecule has 0 atom stereocenters. The Morgan fingerprint density at radius 1 is 1.28 bits per heavy atom. The van der Waals surface area contributed by atoms with Crippen LogP contribution >= 0.6 is 15.9 Å². The van der Waals surface area contributed by atoms with Gasteiger partial charge in [0.2, 0.25) is 0 Å². The Hall–Kier alpha value is -1.88. The normalized spacial score (nSPS) is 15.7. The first-order valence-corrected chi connectivity index (χ1v) is 9.52. The second kappa shape index (κ2) is 8.00. The van der Waals surface area contributed by atoms with Crippen LogP contribution in [0.2, 0.25) is 0 Å². The molecule has 1 aliphatic rings. The summed E-state index contributed by atoms with van der Waals surface area (Å²) in [5, 5.41) is 6.92. The number of aryl methyl sites for hydroxylation is 1. The second-order valence-corrected chi connectivity index (χ2v) is 7.61. The van der Waals surface area contributed by atoms with Gasteiger partial charge in [0.05, 0.1) is 0 Å². The van der Waals surface area contributed by atoms with Gasteiger partial charge in [-0.2, -0.15) is 0 Å². The zero-order valence-corrected chi connectivity index (χ0v) is 16.4. The van der Waals surface area contributed by atoms with Crippen LogP contribution in [0.3, 0.4) is 0 Å². The smallest absolute Gasteiger partial charge is 0.191 e. The van der Waals surface area contributed by atoms with E-state index in [0.717, 1.165) is 29.9 Å². The average molecular weight is 401 g/mol. The lowest BCUT2D eigenvalue weighted by Crippen LogP contribution is -2.42. The lowest BCUT2D eigenvalue weighted by Gasteiger charge is -2.19. The van der Waals surface area contributed by atoms with Crippen LogP contribution in [-0.2, 0) is 11.8 Å². The molecule has 0 unspecified atom stereocenters. The predicted molar refractivity (Wildman–Crippen MR) is 107 cm³/mol. The van der Waals surface area contributed by atoms with Crippen LogP contribution in [-0.4, -0.2) is 31.1 Å². The van der Waals surface area contributed by atoms with Crippen molar-refractivity contribution in [2.24, 2.45) is 4.99 Å². The number of aliphatic imine (C=N–C) groups is 1. The minimum atomic E-state index is 0.253. The molecule has 0 bridgehead atoms. The van der Waals surface area contributed by atoms with Gasteiger partial charge in [-0.3, -0.25) is 9.98 Å². The van der Waals surface area contributed by atoms with Crippen LogP contribution in [0.25, 0.3) is 0 Å². The zero-order chi connectivity index (χ0) is 17.7. The topological polar surface area (TPSA) is 49.3 Å². The van der Waals surface area contributed by atoms with E-state index in [1.54, 1.807) is 0 Å². The molecule has 1 heterocycles. The molecule has 0 amide bonds. The standard InChI is InChI=1S/C20H25BrN4/c1-15-13-23-10-6-16(15)7-11-24-19(22-2)25-14-20(8-9-20)17-4-3-5-18(21)12-17/h3-6,10,12-13H,7-9,11,14H2,1-2H3,(H2,22,24,25). The van der Waals surface area contributed by atoms with E-state index in [0.29, 0.717) is 0 Å². The summed E-state index contributed by atoms with van der Waals surface area (Å²) in [4.78, 5) is 8.50. The van der Waals surface area contributed by atoms with Gasteiger partial charge in [0.25, 0.3) is 0 Å². The number of rotatable bonds is 6. The molecule has 132 valence electrons. The number of hydrogen-bond acceptors (Lipinski definition) is 2. The maximum absolute atomic E-state index is 4.36. The van der Waals surface area contributed by atoms with Gasteiger partial charge in [0.15, 0.2) is 5.96 Å². The number of benzene rings is 1. The van der Waals surface area contributed by atoms with Gasteiger partial charge >= 0.3 is 0 Å². The predicted octanol–water partition coefficient (Wildman–Crippen LogP) is 3.59. The molecular weight excluding hydrogens is 376 g/mol. The van der Waals surface area contributed by atoms with Gasteiger partial charge in [-0.1, -0.05) is 28.1 Å². The molecule has 1 aromatic carbocycles. The maximum Gasteiger partial charge on any atom is 0.191 e. The van der Waals surface area contributed by atoms with Crippen molar-refractivity contribution in [1.29, 1.82) is 0 Å². The Morgan fingerprint density at radius 3 is 2.80 bits per heavy atom. The molecule has 0 spiro atoms. The van der Waals surface area contributed by atoms with E-state index in [-0.39, 0.29) is 5.41 Å². The van der Waals surface area contributed by atoms with Crippen LogP contribution in [0, 0.1) is 6.92 Å². The van der Waals surface area contributed by atoms with Gasteiger partial charge < -0.3 is 10.6 Å². The van der Waals surface area contributed by atoms with Crippen molar-refractivity contribution in [2.75, 3.05) is 20.1 Å². The minimum Gasteiger partial charge on any atom is -0.356 e. The van der Waals surface area contributed by atoms with Crippen LogP contribution in [0.5, 0.6) is 0 Å². The summed E-state index contributed by atoms with van der Waals surface area (Å²) >= 11 is 3.58. The van der Waals surface area contributed by atoms with Crippen molar-refractivity contribution in [3.8, 4) is 0 Å². The summed E-state index contributed by atoms with van der Waals surface area (Å²) in [5.74, 6) is 0.869. The molecule has 1 saturated carbocycles. The number of nitrogens with one attached hydrogen (secondary N) is 2. The zero-order valence-electron chi connectivity index (χ0n) is 14.8. The largest absolute Gasteiger partial charge is 0.356 e. The third-order valence-electron chi connectivity index (χ3n) is 4.93. The van der Waals surface area contributed by atoms with Gasteiger partial charge in [0, 0.05) is 42.4 Å². The number of pyridine rings is 1. The molecule has 4 nitrogen and oxygen atoms in total. The molecule has 0 aliphatic heterocycles. The van der Waals surface area contributed by atoms with Crippen molar-refractivity contribution < 1.29 is 0 Å². The van der Waals surface area contributed by atoms with Gasteiger partial charge in [0.1, 0.15) is 0 Å². The summed E-state index contributed by atoms with van der Waals surface area (Å²) in [7, 11) is 1.83. The number of aromatic nitrogens is 1. The summed E-state index contributed by atoms with van der Waals surface area (Å²) < 4.78 is 1.14. The number of nitrogens with zero attached hydrogens (tertiary/aromatic N) is 2. The fourth-order valence-electron chi connectivity index (χ4n) is 3.11. The number of guanidine groups is 1. The Balaban J connectivity index is 1.51. The van der Waals surface area contributed by atoms with Crippen LogP contribution < -0.4 is 10.6 Å². The van der Waals surface area contributed by atoms with Gasteiger partial charge in [-0.25, -0.2) is 0 Å². The first-order chi connectivity index (χ1) is 12.1. The summed E-state index contributed by atoms with van der Waals surface area (Å²) in [6.45, 7) is 3.87. The van der Waals surface area contributed by atoms with E-state index in [1.165, 1.54) is 29.5 Å². The fraction of sp³-hybridized carbons (Fsp3) is 0.400. The third-order valence-corrected chi connectivity index (χ3v) is 5.42. The Labute approximate surface area is 158 Å². The highest BCUT2D eigenvalue weighted by Crippen LogP contribution is 2.48. The van der Waals surface area contributed by atoms with Crippen LogP contribution in [0.15, 0.2) is 52.2 Å². The molecule has 1 fully saturated rings. The third kappa shape index (κ3) is 4.60. The van der Waals surface area contributed by atoms with Crippen molar-refractivity contribution in [3.05, 3.63) is 63.9 Å². The van der Waals surface area contributed by atoms with Crippen LogP contribution in [0.4, 0.5) is 0 Å². The van der Waals surface area contributed by atoms with Gasteiger partial charge in [-0.15, -0.1) is 0 Å². The number of halogens is 1. The molecule has 5 heteroatoms. The van der Waals surface area contributed by atoms with E-state index in [4.69, 9.17) is 0 Å². The highest BCUT2D eigenvalue weighted by atomic mass is 79.9. The van der Waals surface area contributed by atoms with E-state index in [2.05, 4.69) is 73.8 Å². The van der Waals surface area contributed by atoms with Crippen molar-refractivity contribution in [1.82, 2.24) is 15.6 Å². The lowest BCUT2D eigenvalue weighted by atomic mass is 9.96. The summed E-state index contributed by atoms with van der Waals surface area (Å²) in [5.41, 5.74) is 4.21. The fourth-order valence-corrected chi connectivity index (χ4v) is 3.51. The monoisotopic (exact) mass is 400 g/mol. The molecule has 3 rings (SSSR count). The van der Waals surface area contributed by atoms with E-state index < -0.39 is 0 Å². The lowest BCUT2D eigenvalue weighted by molar-refractivity contribution is 0.645. The highest BCUT2D eigenvalue weighted by molar-refractivity contribution is 9.10. The van der Waals surface area contributed by atoms with E-state index in [1.807, 2.05) is 19.4 Å². The van der Waals surface area contributed by atoms with E-state index in [9.17, 15) is 0 Å². The Kier molecular flexibility index (Phi) is 5.74. The molecule has 2 N–H and O–H groups in total. The molecule has 0 saturated heterocycles. The van der Waals surface area contributed by atoms with Crippen molar-refractivity contribution in [2.45, 2.75) is 31.6 Å². The number of hydrogen-bond donors (Lipinski definition) is 2. The minimum absolute atomic E-state index is 0.253.